The third-order valence-electron chi connectivity index (χ3n) is 6.03. The SMILES string of the molecule is CC1CCN([C@H](CNC(=O)c2ccc(S(=O)(=O)NCc3ccco3)cc2)c2cccs2)CC1. The molecule has 9 heteroatoms. The summed E-state index contributed by atoms with van der Waals surface area (Å²) in [5, 5.41) is 5.11. The second-order valence-corrected chi connectivity index (χ2v) is 11.1. The van der Waals surface area contributed by atoms with Gasteiger partial charge in [-0.15, -0.1) is 11.3 Å². The minimum atomic E-state index is -3.70. The van der Waals surface area contributed by atoms with Crippen LogP contribution in [0.2, 0.25) is 0 Å². The van der Waals surface area contributed by atoms with Crippen molar-refractivity contribution in [3.63, 3.8) is 0 Å². The first-order valence-electron chi connectivity index (χ1n) is 11.1. The lowest BCUT2D eigenvalue weighted by molar-refractivity contribution is 0.0915. The smallest absolute Gasteiger partial charge is 0.251 e. The average molecular weight is 488 g/mol. The molecule has 0 saturated carbocycles. The van der Waals surface area contributed by atoms with E-state index >= 15 is 0 Å². The molecule has 4 rings (SSSR count). The Bertz CT molecular complexity index is 1120. The van der Waals surface area contributed by atoms with E-state index in [-0.39, 0.29) is 23.4 Å². The molecule has 176 valence electrons. The molecule has 33 heavy (non-hydrogen) atoms. The molecule has 0 unspecified atom stereocenters. The van der Waals surface area contributed by atoms with Crippen molar-refractivity contribution < 1.29 is 17.6 Å². The van der Waals surface area contributed by atoms with Crippen LogP contribution in [0, 0.1) is 5.92 Å². The molecule has 0 aliphatic carbocycles. The Hall–Kier alpha value is -2.46. The number of nitrogens with one attached hydrogen (secondary N) is 2. The zero-order valence-electron chi connectivity index (χ0n) is 18.6. The van der Waals surface area contributed by atoms with Crippen molar-refractivity contribution >= 4 is 27.3 Å². The Labute approximate surface area is 198 Å². The van der Waals surface area contributed by atoms with Crippen LogP contribution < -0.4 is 10.0 Å². The summed E-state index contributed by atoms with van der Waals surface area (Å²) in [6.45, 7) is 4.92. The van der Waals surface area contributed by atoms with Gasteiger partial charge in [0.1, 0.15) is 5.76 Å². The number of benzene rings is 1. The van der Waals surface area contributed by atoms with E-state index in [9.17, 15) is 13.2 Å². The van der Waals surface area contributed by atoms with Crippen LogP contribution in [0.25, 0.3) is 0 Å². The van der Waals surface area contributed by atoms with Crippen LogP contribution in [0.4, 0.5) is 0 Å². The maximum absolute atomic E-state index is 12.8. The van der Waals surface area contributed by atoms with E-state index in [1.807, 2.05) is 6.07 Å². The molecular formula is C24H29N3O4S2. The van der Waals surface area contributed by atoms with Gasteiger partial charge in [-0.25, -0.2) is 13.1 Å². The fraction of sp³-hybridized carbons (Fsp3) is 0.375. The summed E-state index contributed by atoms with van der Waals surface area (Å²) < 4.78 is 32.6. The van der Waals surface area contributed by atoms with Crippen LogP contribution >= 0.6 is 11.3 Å². The van der Waals surface area contributed by atoms with Crippen molar-refractivity contribution in [2.75, 3.05) is 19.6 Å². The van der Waals surface area contributed by atoms with Gasteiger partial charge < -0.3 is 9.73 Å². The number of thiophene rings is 1. The van der Waals surface area contributed by atoms with E-state index in [0.29, 0.717) is 17.9 Å². The third kappa shape index (κ3) is 6.11. The standard InChI is InChI=1S/C24H29N3O4S2/c1-18-10-12-27(13-11-18)22(23-5-3-15-32-23)17-25-24(28)19-6-8-21(9-7-19)33(29,30)26-16-20-4-2-14-31-20/h2-9,14-15,18,22,26H,10-13,16-17H2,1H3,(H,25,28)/t22-/m1/s1. The number of hydrogen-bond donors (Lipinski definition) is 2. The lowest BCUT2D eigenvalue weighted by Gasteiger charge is -2.36. The molecule has 2 aromatic heterocycles. The predicted molar refractivity (Wildman–Crippen MR) is 129 cm³/mol. The molecule has 1 aliphatic heterocycles. The van der Waals surface area contributed by atoms with Gasteiger partial charge in [0, 0.05) is 17.0 Å². The van der Waals surface area contributed by atoms with Crippen molar-refractivity contribution in [3.8, 4) is 0 Å². The van der Waals surface area contributed by atoms with Crippen LogP contribution in [-0.2, 0) is 16.6 Å². The molecule has 0 bridgehead atoms. The molecule has 1 aliphatic rings. The molecule has 1 saturated heterocycles. The zero-order chi connectivity index (χ0) is 23.3. The van der Waals surface area contributed by atoms with Crippen molar-refractivity contribution in [2.45, 2.75) is 37.2 Å². The van der Waals surface area contributed by atoms with Gasteiger partial charge in [-0.3, -0.25) is 9.69 Å². The Morgan fingerprint density at radius 3 is 2.55 bits per heavy atom. The molecule has 1 amide bonds. The van der Waals surface area contributed by atoms with E-state index in [2.05, 4.69) is 33.3 Å². The normalized spacial score (nSPS) is 16.5. The number of carbonyl (C=O) groups excluding carboxylic acids is 1. The number of amides is 1. The molecule has 1 aromatic carbocycles. The highest BCUT2D eigenvalue weighted by atomic mass is 32.2. The Kier molecular flexibility index (Phi) is 7.64. The van der Waals surface area contributed by atoms with Crippen molar-refractivity contribution in [1.29, 1.82) is 0 Å². The molecule has 2 N–H and O–H groups in total. The fourth-order valence-corrected chi connectivity index (χ4v) is 5.82. The highest BCUT2D eigenvalue weighted by Crippen LogP contribution is 2.29. The number of rotatable bonds is 9. The number of furan rings is 1. The summed E-state index contributed by atoms with van der Waals surface area (Å²) in [6.07, 6.45) is 3.82. The maximum Gasteiger partial charge on any atom is 0.251 e. The van der Waals surface area contributed by atoms with Crippen LogP contribution in [0.3, 0.4) is 0 Å². The molecule has 1 atom stereocenters. The van der Waals surface area contributed by atoms with Gasteiger partial charge in [-0.05, 0) is 79.7 Å². The fourth-order valence-electron chi connectivity index (χ4n) is 3.97. The number of likely N-dealkylation sites (tertiary alicyclic amines) is 1. The molecule has 0 spiro atoms. The summed E-state index contributed by atoms with van der Waals surface area (Å²) in [5.41, 5.74) is 0.428. The van der Waals surface area contributed by atoms with Crippen molar-refractivity contribution in [1.82, 2.24) is 14.9 Å². The Morgan fingerprint density at radius 1 is 1.15 bits per heavy atom. The molecular weight excluding hydrogens is 458 g/mol. The highest BCUT2D eigenvalue weighted by Gasteiger charge is 2.26. The van der Waals surface area contributed by atoms with Gasteiger partial charge in [0.2, 0.25) is 10.0 Å². The number of sulfonamides is 1. The molecule has 0 radical (unpaired) electrons. The first kappa shape index (κ1) is 23.7. The second-order valence-electron chi connectivity index (χ2n) is 8.39. The number of piperidine rings is 1. The lowest BCUT2D eigenvalue weighted by Crippen LogP contribution is -2.41. The van der Waals surface area contributed by atoms with Gasteiger partial charge in [-0.2, -0.15) is 0 Å². The molecule has 3 heterocycles. The number of hydrogen-bond acceptors (Lipinski definition) is 6. The van der Waals surface area contributed by atoms with Crippen molar-refractivity contribution in [2.24, 2.45) is 5.92 Å². The monoisotopic (exact) mass is 487 g/mol. The summed E-state index contributed by atoms with van der Waals surface area (Å²) in [6, 6.07) is 13.7. The van der Waals surface area contributed by atoms with E-state index in [0.717, 1.165) is 19.0 Å². The third-order valence-corrected chi connectivity index (χ3v) is 8.42. The van der Waals surface area contributed by atoms with Gasteiger partial charge in [0.05, 0.1) is 23.7 Å². The summed E-state index contributed by atoms with van der Waals surface area (Å²) in [7, 11) is -3.70. The van der Waals surface area contributed by atoms with E-state index in [1.165, 1.54) is 36.1 Å². The van der Waals surface area contributed by atoms with E-state index in [1.54, 1.807) is 35.6 Å². The van der Waals surface area contributed by atoms with Crippen LogP contribution in [0.5, 0.6) is 0 Å². The first-order valence-corrected chi connectivity index (χ1v) is 13.5. The highest BCUT2D eigenvalue weighted by molar-refractivity contribution is 7.89. The predicted octanol–water partition coefficient (Wildman–Crippen LogP) is 4.02. The lowest BCUT2D eigenvalue weighted by atomic mass is 9.97. The minimum Gasteiger partial charge on any atom is -0.468 e. The average Bonchev–Trinajstić information content (AvgIpc) is 3.54. The zero-order valence-corrected chi connectivity index (χ0v) is 20.2. The first-order chi connectivity index (χ1) is 15.9. The summed E-state index contributed by atoms with van der Waals surface area (Å²) in [5.74, 6) is 1.05. The largest absolute Gasteiger partial charge is 0.468 e. The van der Waals surface area contributed by atoms with Gasteiger partial charge >= 0.3 is 0 Å². The molecule has 7 nitrogen and oxygen atoms in total. The van der Waals surface area contributed by atoms with Crippen LogP contribution in [0.1, 0.15) is 46.8 Å². The van der Waals surface area contributed by atoms with Gasteiger partial charge in [0.15, 0.2) is 0 Å². The van der Waals surface area contributed by atoms with E-state index in [4.69, 9.17) is 4.42 Å². The summed E-state index contributed by atoms with van der Waals surface area (Å²) >= 11 is 1.71. The van der Waals surface area contributed by atoms with Gasteiger partial charge in [-0.1, -0.05) is 13.0 Å². The van der Waals surface area contributed by atoms with Crippen LogP contribution in [-0.4, -0.2) is 38.9 Å². The minimum absolute atomic E-state index is 0.0664. The van der Waals surface area contributed by atoms with Gasteiger partial charge in [0.25, 0.3) is 5.91 Å². The van der Waals surface area contributed by atoms with E-state index < -0.39 is 10.0 Å². The summed E-state index contributed by atoms with van der Waals surface area (Å²) in [4.78, 5) is 16.6. The Balaban J connectivity index is 1.37. The number of carbonyl (C=O) groups is 1. The molecule has 3 aromatic rings. The topological polar surface area (TPSA) is 91.7 Å². The second kappa shape index (κ2) is 10.6. The Morgan fingerprint density at radius 2 is 1.91 bits per heavy atom. The quantitative estimate of drug-likeness (QED) is 0.476. The molecule has 1 fully saturated rings. The maximum atomic E-state index is 12.8. The van der Waals surface area contributed by atoms with Crippen molar-refractivity contribution in [3.05, 3.63) is 76.4 Å². The number of nitrogens with zero attached hydrogens (tertiary/aromatic N) is 1. The van der Waals surface area contributed by atoms with Crippen LogP contribution in [0.15, 0.2) is 69.5 Å².